The van der Waals surface area contributed by atoms with Gasteiger partial charge in [0.15, 0.2) is 0 Å². The highest BCUT2D eigenvalue weighted by Gasteiger charge is 2.23. The highest BCUT2D eigenvalue weighted by atomic mass is 32.2. The molecule has 8 nitrogen and oxygen atoms in total. The van der Waals surface area contributed by atoms with E-state index >= 15 is 0 Å². The lowest BCUT2D eigenvalue weighted by atomic mass is 10.1. The first kappa shape index (κ1) is 20.4. The average Bonchev–Trinajstić information content (AvgIpc) is 2.81. The zero-order chi connectivity index (χ0) is 21.8. The Bertz CT molecular complexity index is 1310. The van der Waals surface area contributed by atoms with Gasteiger partial charge in [-0.15, -0.1) is 0 Å². The van der Waals surface area contributed by atoms with Gasteiger partial charge in [-0.3, -0.25) is 14.7 Å². The summed E-state index contributed by atoms with van der Waals surface area (Å²) < 4.78 is 33.9. The van der Waals surface area contributed by atoms with Crippen molar-refractivity contribution in [3.8, 4) is 28.4 Å². The van der Waals surface area contributed by atoms with Crippen LogP contribution < -0.4 is 9.46 Å². The molecule has 4 aromatic rings. The predicted octanol–water partition coefficient (Wildman–Crippen LogP) is 3.72. The molecule has 3 aromatic heterocycles. The smallest absolute Gasteiger partial charge is 0.265 e. The number of rotatable bonds is 6. The van der Waals surface area contributed by atoms with E-state index in [-0.39, 0.29) is 16.6 Å². The van der Waals surface area contributed by atoms with Gasteiger partial charge >= 0.3 is 0 Å². The lowest BCUT2D eigenvalue weighted by molar-refractivity contribution is 0.397. The summed E-state index contributed by atoms with van der Waals surface area (Å²) in [5.74, 6) is 0.0992. The standard InChI is InChI=1S/C22H19N5O3S/c1-15-14-25-21(22(26-15)30-2)27-31(28,29)19-7-5-13-24-20(19)17-10-8-16(9-11-17)18-6-3-4-12-23-18/h3-14H,1-2H3,(H,25,27). The summed E-state index contributed by atoms with van der Waals surface area (Å²) in [6.07, 6.45) is 4.73. The second-order valence-corrected chi connectivity index (χ2v) is 8.27. The quantitative estimate of drug-likeness (QED) is 0.494. The molecular formula is C22H19N5O3S. The van der Waals surface area contributed by atoms with Crippen LogP contribution in [0.15, 0.2) is 78.1 Å². The topological polar surface area (TPSA) is 107 Å². The van der Waals surface area contributed by atoms with E-state index in [2.05, 4.69) is 24.7 Å². The Morgan fingerprint density at radius 1 is 0.871 bits per heavy atom. The minimum absolute atomic E-state index is 0.00778. The summed E-state index contributed by atoms with van der Waals surface area (Å²) in [6.45, 7) is 1.74. The second-order valence-electron chi connectivity index (χ2n) is 6.62. The highest BCUT2D eigenvalue weighted by Crippen LogP contribution is 2.29. The largest absolute Gasteiger partial charge is 0.478 e. The Morgan fingerprint density at radius 3 is 2.32 bits per heavy atom. The van der Waals surface area contributed by atoms with Crippen LogP contribution in [0.2, 0.25) is 0 Å². The SMILES string of the molecule is COc1nc(C)cnc1NS(=O)(=O)c1cccnc1-c1ccc(-c2ccccn2)cc1. The molecule has 156 valence electrons. The van der Waals surface area contributed by atoms with Gasteiger partial charge in [-0.2, -0.15) is 0 Å². The molecule has 0 saturated heterocycles. The minimum atomic E-state index is -4.01. The van der Waals surface area contributed by atoms with Gasteiger partial charge in [0, 0.05) is 23.5 Å². The summed E-state index contributed by atoms with van der Waals surface area (Å²) >= 11 is 0. The first-order valence-corrected chi connectivity index (χ1v) is 10.8. The molecule has 0 aliphatic carbocycles. The number of ether oxygens (including phenoxy) is 1. The fraction of sp³-hybridized carbons (Fsp3) is 0.0909. The fourth-order valence-corrected chi connectivity index (χ4v) is 4.19. The zero-order valence-electron chi connectivity index (χ0n) is 16.9. The molecule has 1 N–H and O–H groups in total. The van der Waals surface area contributed by atoms with Gasteiger partial charge in [-0.25, -0.2) is 18.4 Å². The molecule has 3 heterocycles. The molecular weight excluding hydrogens is 414 g/mol. The molecule has 0 fully saturated rings. The average molecular weight is 433 g/mol. The summed E-state index contributed by atoms with van der Waals surface area (Å²) in [5, 5.41) is 0. The third kappa shape index (κ3) is 4.36. The van der Waals surface area contributed by atoms with Crippen molar-refractivity contribution in [3.05, 3.63) is 78.9 Å². The molecule has 0 radical (unpaired) electrons. The number of nitrogens with one attached hydrogen (secondary N) is 1. The van der Waals surface area contributed by atoms with Gasteiger partial charge in [-0.1, -0.05) is 30.3 Å². The van der Waals surface area contributed by atoms with E-state index in [1.165, 1.54) is 19.4 Å². The number of methoxy groups -OCH3 is 1. The summed E-state index contributed by atoms with van der Waals surface area (Å²) in [6, 6.07) is 16.1. The van der Waals surface area contributed by atoms with Crippen molar-refractivity contribution in [1.82, 2.24) is 19.9 Å². The zero-order valence-corrected chi connectivity index (χ0v) is 17.7. The van der Waals surface area contributed by atoms with E-state index in [9.17, 15) is 8.42 Å². The van der Waals surface area contributed by atoms with Crippen LogP contribution >= 0.6 is 0 Å². The van der Waals surface area contributed by atoms with Crippen molar-refractivity contribution in [1.29, 1.82) is 0 Å². The summed E-state index contributed by atoms with van der Waals surface area (Å²) in [7, 11) is -2.60. The number of pyridine rings is 2. The predicted molar refractivity (Wildman–Crippen MR) is 117 cm³/mol. The molecule has 0 aliphatic heterocycles. The highest BCUT2D eigenvalue weighted by molar-refractivity contribution is 7.92. The van der Waals surface area contributed by atoms with E-state index < -0.39 is 10.0 Å². The Balaban J connectivity index is 1.70. The van der Waals surface area contributed by atoms with Gasteiger partial charge in [0.05, 0.1) is 30.4 Å². The number of benzene rings is 1. The van der Waals surface area contributed by atoms with Crippen LogP contribution in [0.25, 0.3) is 22.5 Å². The van der Waals surface area contributed by atoms with Crippen molar-refractivity contribution in [2.75, 3.05) is 11.8 Å². The minimum Gasteiger partial charge on any atom is -0.478 e. The Kier molecular flexibility index (Phi) is 5.59. The Labute approximate surface area is 180 Å². The maximum atomic E-state index is 13.2. The van der Waals surface area contributed by atoms with E-state index in [1.807, 2.05) is 42.5 Å². The van der Waals surface area contributed by atoms with Crippen LogP contribution in [-0.4, -0.2) is 35.5 Å². The van der Waals surface area contributed by atoms with Crippen molar-refractivity contribution < 1.29 is 13.2 Å². The van der Waals surface area contributed by atoms with Gasteiger partial charge < -0.3 is 4.74 Å². The normalized spacial score (nSPS) is 11.2. The van der Waals surface area contributed by atoms with Crippen LogP contribution in [0, 0.1) is 6.92 Å². The van der Waals surface area contributed by atoms with E-state index in [0.717, 1.165) is 11.3 Å². The Morgan fingerprint density at radius 2 is 1.61 bits per heavy atom. The second kappa shape index (κ2) is 8.49. The molecule has 0 aliphatic rings. The van der Waals surface area contributed by atoms with E-state index in [4.69, 9.17) is 4.74 Å². The molecule has 0 saturated carbocycles. The van der Waals surface area contributed by atoms with Gasteiger partial charge in [0.2, 0.25) is 5.82 Å². The lowest BCUT2D eigenvalue weighted by Gasteiger charge is -2.13. The molecule has 1 aromatic carbocycles. The maximum Gasteiger partial charge on any atom is 0.265 e. The number of anilines is 1. The fourth-order valence-electron chi connectivity index (χ4n) is 3.01. The number of sulfonamides is 1. The first-order valence-electron chi connectivity index (χ1n) is 9.35. The number of aryl methyl sites for hydroxylation is 1. The monoisotopic (exact) mass is 433 g/mol. The van der Waals surface area contributed by atoms with Gasteiger partial charge in [0.25, 0.3) is 15.9 Å². The van der Waals surface area contributed by atoms with Crippen molar-refractivity contribution in [2.24, 2.45) is 0 Å². The molecule has 0 spiro atoms. The molecule has 0 bridgehead atoms. The lowest BCUT2D eigenvalue weighted by Crippen LogP contribution is -2.16. The number of hydrogen-bond acceptors (Lipinski definition) is 7. The van der Waals surface area contributed by atoms with Crippen molar-refractivity contribution >= 4 is 15.8 Å². The summed E-state index contributed by atoms with van der Waals surface area (Å²) in [5.41, 5.74) is 3.33. The van der Waals surface area contributed by atoms with E-state index in [1.54, 1.807) is 25.4 Å². The maximum absolute atomic E-state index is 13.2. The van der Waals surface area contributed by atoms with Crippen LogP contribution in [0.1, 0.15) is 5.69 Å². The Hall–Kier alpha value is -3.85. The van der Waals surface area contributed by atoms with E-state index in [0.29, 0.717) is 17.0 Å². The van der Waals surface area contributed by atoms with Crippen LogP contribution in [0.3, 0.4) is 0 Å². The van der Waals surface area contributed by atoms with Crippen molar-refractivity contribution in [2.45, 2.75) is 11.8 Å². The van der Waals surface area contributed by atoms with Crippen LogP contribution in [0.5, 0.6) is 5.88 Å². The number of hydrogen-bond donors (Lipinski definition) is 1. The third-order valence-electron chi connectivity index (χ3n) is 4.46. The molecule has 9 heteroatoms. The molecule has 4 rings (SSSR count). The van der Waals surface area contributed by atoms with Gasteiger partial charge in [-0.05, 0) is 31.2 Å². The number of aromatic nitrogens is 4. The molecule has 31 heavy (non-hydrogen) atoms. The van der Waals surface area contributed by atoms with Gasteiger partial charge in [0.1, 0.15) is 4.90 Å². The molecule has 0 unspecified atom stereocenters. The van der Waals surface area contributed by atoms with Crippen LogP contribution in [0.4, 0.5) is 5.82 Å². The number of nitrogens with zero attached hydrogens (tertiary/aromatic N) is 4. The molecule has 0 amide bonds. The third-order valence-corrected chi connectivity index (χ3v) is 5.84. The van der Waals surface area contributed by atoms with Crippen molar-refractivity contribution in [3.63, 3.8) is 0 Å². The first-order chi connectivity index (χ1) is 15.0. The molecule has 0 atom stereocenters. The summed E-state index contributed by atoms with van der Waals surface area (Å²) in [4.78, 5) is 16.9. The van der Waals surface area contributed by atoms with Crippen LogP contribution in [-0.2, 0) is 10.0 Å².